The highest BCUT2D eigenvalue weighted by molar-refractivity contribution is 5.93. The molecule has 11 heteroatoms. The third-order valence-corrected chi connectivity index (χ3v) is 5.53. The Morgan fingerprint density at radius 3 is 2.52 bits per heavy atom. The minimum Gasteiger partial charge on any atom is -0.473 e. The molecule has 2 amide bonds. The Labute approximate surface area is 188 Å². The SMILES string of the molecule is CON(C)C(=O)c1ccc(COc2cccc(C3CCN(C(=O)O)CC3)n2)c(C(F)(F)F)c1. The predicted octanol–water partition coefficient (Wildman–Crippen LogP) is 4.17. The van der Waals surface area contributed by atoms with Gasteiger partial charge in [-0.2, -0.15) is 13.2 Å². The largest absolute Gasteiger partial charge is 0.473 e. The Hall–Kier alpha value is -3.34. The van der Waals surface area contributed by atoms with Gasteiger partial charge < -0.3 is 14.7 Å². The number of pyridine rings is 1. The number of piperidine rings is 1. The van der Waals surface area contributed by atoms with Gasteiger partial charge in [-0.15, -0.1) is 0 Å². The lowest BCUT2D eigenvalue weighted by atomic mass is 9.93. The molecule has 1 N–H and O–H groups in total. The molecule has 1 aromatic carbocycles. The van der Waals surface area contributed by atoms with Crippen molar-refractivity contribution >= 4 is 12.0 Å². The van der Waals surface area contributed by atoms with Crippen molar-refractivity contribution in [1.29, 1.82) is 0 Å². The molecule has 1 aliphatic rings. The number of rotatable bonds is 6. The van der Waals surface area contributed by atoms with Gasteiger partial charge in [-0.25, -0.2) is 14.8 Å². The van der Waals surface area contributed by atoms with E-state index in [2.05, 4.69) is 4.98 Å². The summed E-state index contributed by atoms with van der Waals surface area (Å²) >= 11 is 0. The summed E-state index contributed by atoms with van der Waals surface area (Å²) in [5, 5.41) is 9.90. The van der Waals surface area contributed by atoms with Crippen LogP contribution in [0.3, 0.4) is 0 Å². The number of hydrogen-bond donors (Lipinski definition) is 1. The molecule has 0 spiro atoms. The molecule has 0 atom stereocenters. The van der Waals surface area contributed by atoms with E-state index in [0.29, 0.717) is 31.6 Å². The second kappa shape index (κ2) is 10.1. The topological polar surface area (TPSA) is 92.2 Å². The van der Waals surface area contributed by atoms with E-state index in [1.807, 2.05) is 0 Å². The van der Waals surface area contributed by atoms with Gasteiger partial charge in [0, 0.05) is 48.9 Å². The standard InChI is InChI=1S/C22H24F3N3O5/c1-27(32-2)20(29)15-6-7-16(17(12-15)22(23,24)25)13-33-19-5-3-4-18(26-19)14-8-10-28(11-9-14)21(30)31/h3-7,12,14H,8-11,13H2,1-2H3,(H,30,31). The molecule has 3 rings (SSSR count). The van der Waals surface area contributed by atoms with Crippen LogP contribution < -0.4 is 4.74 Å². The van der Waals surface area contributed by atoms with Crippen molar-refractivity contribution in [3.8, 4) is 5.88 Å². The zero-order chi connectivity index (χ0) is 24.2. The molecule has 1 fully saturated rings. The first kappa shape index (κ1) is 24.3. The normalized spacial score (nSPS) is 14.8. The van der Waals surface area contributed by atoms with Crippen molar-refractivity contribution < 1.29 is 37.4 Å². The van der Waals surface area contributed by atoms with E-state index in [-0.39, 0.29) is 22.9 Å². The number of alkyl halides is 3. The molecule has 178 valence electrons. The number of carbonyl (C=O) groups excluding carboxylic acids is 1. The third kappa shape index (κ3) is 5.92. The Morgan fingerprint density at radius 2 is 1.91 bits per heavy atom. The number of benzene rings is 1. The van der Waals surface area contributed by atoms with E-state index < -0.39 is 30.3 Å². The minimum absolute atomic E-state index is 0.0398. The fraction of sp³-hybridized carbons (Fsp3) is 0.409. The lowest BCUT2D eigenvalue weighted by Crippen LogP contribution is -2.36. The molecule has 1 aromatic heterocycles. The van der Waals surface area contributed by atoms with E-state index in [0.717, 1.165) is 11.1 Å². The fourth-order valence-corrected chi connectivity index (χ4v) is 3.62. The highest BCUT2D eigenvalue weighted by Gasteiger charge is 2.34. The summed E-state index contributed by atoms with van der Waals surface area (Å²) in [5.74, 6) is -0.503. The molecule has 2 heterocycles. The first-order valence-electron chi connectivity index (χ1n) is 10.2. The maximum absolute atomic E-state index is 13.6. The molecule has 1 aliphatic heterocycles. The number of ether oxygens (including phenoxy) is 1. The molecular formula is C22H24F3N3O5. The monoisotopic (exact) mass is 467 g/mol. The second-order valence-electron chi connectivity index (χ2n) is 7.59. The zero-order valence-electron chi connectivity index (χ0n) is 18.1. The first-order valence-corrected chi connectivity index (χ1v) is 10.2. The summed E-state index contributed by atoms with van der Waals surface area (Å²) in [6.07, 6.45) is -4.44. The van der Waals surface area contributed by atoms with E-state index in [1.54, 1.807) is 18.2 Å². The zero-order valence-corrected chi connectivity index (χ0v) is 18.1. The van der Waals surface area contributed by atoms with E-state index >= 15 is 0 Å². The van der Waals surface area contributed by atoms with Crippen LogP contribution in [0.25, 0.3) is 0 Å². The van der Waals surface area contributed by atoms with E-state index in [9.17, 15) is 22.8 Å². The van der Waals surface area contributed by atoms with Crippen molar-refractivity contribution in [3.63, 3.8) is 0 Å². The average Bonchev–Trinajstić information content (AvgIpc) is 2.81. The highest BCUT2D eigenvalue weighted by atomic mass is 19.4. The fourth-order valence-electron chi connectivity index (χ4n) is 3.62. The summed E-state index contributed by atoms with van der Waals surface area (Å²) in [4.78, 5) is 33.7. The molecule has 0 bridgehead atoms. The number of nitrogens with zero attached hydrogens (tertiary/aromatic N) is 3. The Bertz CT molecular complexity index is 1010. The molecule has 0 unspecified atom stereocenters. The highest BCUT2D eigenvalue weighted by Crippen LogP contribution is 2.34. The number of hydrogen-bond acceptors (Lipinski definition) is 5. The lowest BCUT2D eigenvalue weighted by Gasteiger charge is -2.29. The molecule has 0 radical (unpaired) electrons. The summed E-state index contributed by atoms with van der Waals surface area (Å²) in [6, 6.07) is 8.30. The maximum Gasteiger partial charge on any atom is 0.416 e. The van der Waals surface area contributed by atoms with E-state index in [1.165, 1.54) is 31.2 Å². The van der Waals surface area contributed by atoms with Gasteiger partial charge in [0.25, 0.3) is 5.91 Å². The molecule has 0 saturated carbocycles. The van der Waals surface area contributed by atoms with Crippen molar-refractivity contribution in [2.24, 2.45) is 0 Å². The second-order valence-corrected chi connectivity index (χ2v) is 7.59. The molecule has 1 saturated heterocycles. The number of aromatic nitrogens is 1. The summed E-state index contributed by atoms with van der Waals surface area (Å²) in [5.41, 5.74) is -0.573. The van der Waals surface area contributed by atoms with Crippen LogP contribution in [0.2, 0.25) is 0 Å². The smallest absolute Gasteiger partial charge is 0.416 e. The van der Waals surface area contributed by atoms with Crippen molar-refractivity contribution in [1.82, 2.24) is 14.9 Å². The number of amides is 2. The van der Waals surface area contributed by atoms with Gasteiger partial charge in [0.15, 0.2) is 0 Å². The van der Waals surface area contributed by atoms with Crippen LogP contribution in [-0.2, 0) is 17.6 Å². The molecular weight excluding hydrogens is 443 g/mol. The minimum atomic E-state index is -4.69. The number of likely N-dealkylation sites (tertiary alicyclic amines) is 1. The van der Waals surface area contributed by atoms with Crippen molar-refractivity contribution in [3.05, 3.63) is 58.8 Å². The quantitative estimate of drug-likeness (QED) is 0.642. The van der Waals surface area contributed by atoms with Gasteiger partial charge in [0.2, 0.25) is 5.88 Å². The van der Waals surface area contributed by atoms with Gasteiger partial charge in [-0.05, 0) is 31.0 Å². The van der Waals surface area contributed by atoms with Crippen molar-refractivity contribution in [2.45, 2.75) is 31.5 Å². The number of halogens is 3. The van der Waals surface area contributed by atoms with Crippen LogP contribution in [0, 0.1) is 0 Å². The van der Waals surface area contributed by atoms with Crippen LogP contribution in [0.15, 0.2) is 36.4 Å². The van der Waals surface area contributed by atoms with Crippen LogP contribution in [0.1, 0.15) is 45.9 Å². The number of carbonyl (C=O) groups is 2. The maximum atomic E-state index is 13.6. The molecule has 8 nitrogen and oxygen atoms in total. The average molecular weight is 467 g/mol. The van der Waals surface area contributed by atoms with Gasteiger partial charge >= 0.3 is 12.3 Å². The molecule has 2 aromatic rings. The van der Waals surface area contributed by atoms with Crippen LogP contribution in [0.5, 0.6) is 5.88 Å². The summed E-state index contributed by atoms with van der Waals surface area (Å²) in [7, 11) is 2.54. The summed E-state index contributed by atoms with van der Waals surface area (Å²) in [6.45, 7) is 0.396. The van der Waals surface area contributed by atoms with Crippen molar-refractivity contribution in [2.75, 3.05) is 27.2 Å². The van der Waals surface area contributed by atoms with Gasteiger partial charge in [0.05, 0.1) is 12.7 Å². The van der Waals surface area contributed by atoms with Crippen LogP contribution >= 0.6 is 0 Å². The summed E-state index contributed by atoms with van der Waals surface area (Å²) < 4.78 is 46.4. The van der Waals surface area contributed by atoms with Gasteiger partial charge in [-0.3, -0.25) is 9.63 Å². The molecule has 0 aliphatic carbocycles. The van der Waals surface area contributed by atoms with Crippen LogP contribution in [-0.4, -0.2) is 59.3 Å². The Morgan fingerprint density at radius 1 is 1.21 bits per heavy atom. The molecule has 33 heavy (non-hydrogen) atoms. The number of hydroxylamine groups is 2. The Balaban J connectivity index is 1.74. The van der Waals surface area contributed by atoms with Gasteiger partial charge in [0.1, 0.15) is 6.61 Å². The Kier molecular flexibility index (Phi) is 7.42. The van der Waals surface area contributed by atoms with Gasteiger partial charge in [-0.1, -0.05) is 12.1 Å². The predicted molar refractivity (Wildman–Crippen MR) is 111 cm³/mol. The lowest BCUT2D eigenvalue weighted by molar-refractivity contribution is -0.138. The van der Waals surface area contributed by atoms with E-state index in [4.69, 9.17) is 14.7 Å². The number of carboxylic acid groups (broad SMARTS) is 1. The first-order chi connectivity index (χ1) is 15.6. The van der Waals surface area contributed by atoms with Crippen LogP contribution in [0.4, 0.5) is 18.0 Å². The third-order valence-electron chi connectivity index (χ3n) is 5.53.